The minimum absolute atomic E-state index is 0. The Labute approximate surface area is 224 Å². The third-order valence-corrected chi connectivity index (χ3v) is 6.97. The molecule has 1 aromatic carbocycles. The molecular weight excluding hydrogens is 486 g/mol. The van der Waals surface area contributed by atoms with Crippen molar-refractivity contribution in [1.82, 2.24) is 10.2 Å². The molecule has 2 saturated heterocycles. The second-order valence-electron chi connectivity index (χ2n) is 6.84. The first kappa shape index (κ1) is 27.0. The Morgan fingerprint density at radius 3 is 2.31 bits per heavy atom. The molecule has 0 bridgehead atoms. The molecule has 2 fully saturated rings. The Kier molecular flexibility index (Phi) is 9.33. The van der Waals surface area contributed by atoms with Gasteiger partial charge >= 0.3 is 59.1 Å². The summed E-state index contributed by atoms with van der Waals surface area (Å²) in [6.07, 6.45) is 0. The van der Waals surface area contributed by atoms with Gasteiger partial charge in [0.1, 0.15) is 17.3 Å². The fourth-order valence-corrected chi connectivity index (χ4v) is 5.58. The molecule has 0 aromatic heterocycles. The van der Waals surface area contributed by atoms with E-state index in [0.717, 1.165) is 4.90 Å². The molecular formula is C17H15BrN2Na2O6S. The molecule has 8 nitrogen and oxygen atoms in total. The van der Waals surface area contributed by atoms with Gasteiger partial charge in [0, 0.05) is 9.22 Å². The number of benzene rings is 1. The van der Waals surface area contributed by atoms with E-state index in [-0.39, 0.29) is 64.7 Å². The number of carboxylic acids is 2. The number of nitrogens with zero attached hydrogens (tertiary/aromatic N) is 1. The van der Waals surface area contributed by atoms with Crippen LogP contribution in [-0.4, -0.2) is 50.9 Å². The Morgan fingerprint density at radius 1 is 1.21 bits per heavy atom. The number of thioether (sulfide) groups is 1. The number of aliphatic carboxylic acids is 2. The normalized spacial score (nSPS) is 24.9. The van der Waals surface area contributed by atoms with Crippen molar-refractivity contribution in [2.45, 2.75) is 42.0 Å². The van der Waals surface area contributed by atoms with Crippen molar-refractivity contribution in [2.24, 2.45) is 0 Å². The van der Waals surface area contributed by atoms with E-state index in [4.69, 9.17) is 0 Å². The number of β-lactam (4-membered cyclic amide) rings is 1. The fourth-order valence-electron chi connectivity index (χ4n) is 3.45. The molecule has 1 N–H and O–H groups in total. The summed E-state index contributed by atoms with van der Waals surface area (Å²) >= 11 is 4.43. The van der Waals surface area contributed by atoms with Gasteiger partial charge in [-0.15, -0.1) is 11.8 Å². The summed E-state index contributed by atoms with van der Waals surface area (Å²) in [6, 6.07) is 4.19. The van der Waals surface area contributed by atoms with Gasteiger partial charge in [-0.3, -0.25) is 9.59 Å². The third-order valence-electron chi connectivity index (χ3n) is 4.68. The van der Waals surface area contributed by atoms with Gasteiger partial charge in [-0.25, -0.2) is 0 Å². The molecule has 2 aliphatic rings. The molecule has 2 heterocycles. The number of carbonyl (C=O) groups is 4. The zero-order valence-corrected chi connectivity index (χ0v) is 22.7. The van der Waals surface area contributed by atoms with Crippen LogP contribution in [0.3, 0.4) is 0 Å². The van der Waals surface area contributed by atoms with Crippen LogP contribution in [-0.2, 0) is 19.2 Å². The number of hydrogen-bond donors (Lipinski definition) is 1. The van der Waals surface area contributed by atoms with Gasteiger partial charge in [0.15, 0.2) is 0 Å². The zero-order valence-electron chi connectivity index (χ0n) is 16.3. The van der Waals surface area contributed by atoms with E-state index >= 15 is 0 Å². The average molecular weight is 501 g/mol. The fraction of sp³-hybridized carbons (Fsp3) is 0.412. The molecule has 0 spiro atoms. The van der Waals surface area contributed by atoms with Crippen LogP contribution in [0.2, 0.25) is 0 Å². The van der Waals surface area contributed by atoms with Crippen LogP contribution in [0.4, 0.5) is 0 Å². The van der Waals surface area contributed by atoms with E-state index < -0.39 is 51.9 Å². The standard InChI is InChI=1S/C17H17BrN2O6S.2Na/c1-17(2)11(16(25)26)20-13(22)10(14(20)27-17)19-12(21)9(15(23)24)7-5-3-4-6-8(7)18;;/h3-6,9-11,14H,1-2H3,(H,19,21)(H,23,24)(H,25,26);;/q;2*+1/p-2. The quantitative estimate of drug-likeness (QED) is 0.241. The minimum Gasteiger partial charge on any atom is -0.549 e. The van der Waals surface area contributed by atoms with Gasteiger partial charge in [-0.2, -0.15) is 0 Å². The number of halogens is 1. The largest absolute Gasteiger partial charge is 1.00 e. The predicted molar refractivity (Wildman–Crippen MR) is 94.9 cm³/mol. The summed E-state index contributed by atoms with van der Waals surface area (Å²) in [6.45, 7) is 3.35. The Bertz CT molecular complexity index is 855. The van der Waals surface area contributed by atoms with Gasteiger partial charge in [-0.1, -0.05) is 34.1 Å². The van der Waals surface area contributed by atoms with Crippen LogP contribution in [0.1, 0.15) is 25.3 Å². The summed E-state index contributed by atoms with van der Waals surface area (Å²) in [5.74, 6) is -6.05. The summed E-state index contributed by atoms with van der Waals surface area (Å²) in [4.78, 5) is 49.1. The number of hydrogen-bond acceptors (Lipinski definition) is 7. The summed E-state index contributed by atoms with van der Waals surface area (Å²) < 4.78 is -0.376. The molecule has 12 heteroatoms. The first-order chi connectivity index (χ1) is 12.6. The van der Waals surface area contributed by atoms with Crippen molar-refractivity contribution in [1.29, 1.82) is 0 Å². The summed E-state index contributed by atoms with van der Waals surface area (Å²) in [5.41, 5.74) is 0.200. The summed E-state index contributed by atoms with van der Waals surface area (Å²) in [5, 5.41) is 24.8. The number of carboxylic acid groups (broad SMARTS) is 2. The molecule has 144 valence electrons. The second-order valence-corrected chi connectivity index (χ2v) is 9.46. The van der Waals surface area contributed by atoms with Gasteiger partial charge in [0.05, 0.1) is 18.0 Å². The van der Waals surface area contributed by atoms with Gasteiger partial charge < -0.3 is 30.0 Å². The van der Waals surface area contributed by atoms with Crippen molar-refractivity contribution in [2.75, 3.05) is 0 Å². The van der Waals surface area contributed by atoms with Crippen molar-refractivity contribution < 1.29 is 88.5 Å². The molecule has 0 radical (unpaired) electrons. The van der Waals surface area contributed by atoms with Crippen LogP contribution < -0.4 is 74.6 Å². The van der Waals surface area contributed by atoms with E-state index in [1.807, 2.05) is 0 Å². The minimum atomic E-state index is -1.61. The molecule has 0 saturated carbocycles. The maximum absolute atomic E-state index is 12.6. The topological polar surface area (TPSA) is 130 Å². The molecule has 4 unspecified atom stereocenters. The van der Waals surface area contributed by atoms with Crippen LogP contribution >= 0.6 is 27.7 Å². The van der Waals surface area contributed by atoms with Crippen molar-refractivity contribution in [3.63, 3.8) is 0 Å². The maximum Gasteiger partial charge on any atom is 1.00 e. The third kappa shape index (κ3) is 4.90. The number of fused-ring (bicyclic) bond motifs is 1. The van der Waals surface area contributed by atoms with Crippen molar-refractivity contribution in [3.8, 4) is 0 Å². The first-order valence-corrected chi connectivity index (χ1v) is 9.70. The van der Waals surface area contributed by atoms with E-state index in [1.54, 1.807) is 32.0 Å². The zero-order chi connectivity index (χ0) is 20.1. The van der Waals surface area contributed by atoms with Gasteiger partial charge in [0.25, 0.3) is 0 Å². The maximum atomic E-state index is 12.6. The first-order valence-electron chi connectivity index (χ1n) is 8.02. The van der Waals surface area contributed by atoms with E-state index in [2.05, 4.69) is 21.2 Å². The van der Waals surface area contributed by atoms with Crippen molar-refractivity contribution >= 4 is 51.4 Å². The molecule has 29 heavy (non-hydrogen) atoms. The Morgan fingerprint density at radius 2 is 1.79 bits per heavy atom. The Balaban J connectivity index is 0.00000210. The Hall–Kier alpha value is -0.0700. The number of carbonyl (C=O) groups excluding carboxylic acids is 4. The molecule has 2 aliphatic heterocycles. The average Bonchev–Trinajstić information content (AvgIpc) is 2.82. The van der Waals surface area contributed by atoms with Crippen LogP contribution in [0.25, 0.3) is 0 Å². The molecule has 2 amide bonds. The SMILES string of the molecule is CC1(C)SC2C(NC(=O)C(C(=O)[O-])c3ccccc3Br)C(=O)N2C1C(=O)[O-].[Na+].[Na+]. The van der Waals surface area contributed by atoms with Crippen LogP contribution in [0, 0.1) is 0 Å². The number of rotatable bonds is 5. The monoisotopic (exact) mass is 500 g/mol. The number of amides is 2. The van der Waals surface area contributed by atoms with Crippen LogP contribution in [0.15, 0.2) is 28.7 Å². The van der Waals surface area contributed by atoms with Gasteiger partial charge in [-0.05, 0) is 25.5 Å². The molecule has 0 aliphatic carbocycles. The van der Waals surface area contributed by atoms with Crippen LogP contribution in [0.5, 0.6) is 0 Å². The summed E-state index contributed by atoms with van der Waals surface area (Å²) in [7, 11) is 0. The number of nitrogens with one attached hydrogen (secondary N) is 1. The van der Waals surface area contributed by atoms with Gasteiger partial charge in [0.2, 0.25) is 11.8 Å². The molecule has 4 atom stereocenters. The smallest absolute Gasteiger partial charge is 0.549 e. The second kappa shape index (κ2) is 10.0. The van der Waals surface area contributed by atoms with E-state index in [1.165, 1.54) is 17.8 Å². The molecule has 3 rings (SSSR count). The van der Waals surface area contributed by atoms with E-state index in [0.29, 0.717) is 4.47 Å². The molecule has 1 aromatic rings. The van der Waals surface area contributed by atoms with E-state index in [9.17, 15) is 29.4 Å². The van der Waals surface area contributed by atoms with Crippen molar-refractivity contribution in [3.05, 3.63) is 34.3 Å². The predicted octanol–water partition coefficient (Wildman–Crippen LogP) is -7.41.